The SMILES string of the molecule is C=c1c2c(c(-c3ccc(C(C)(C)C(C)C)s3)n1CC(CCCCCCCC)CCCCCCCCCC)C(=O)N(CC(CCCCCCCC)CCCCCCCCCC)C=2c1ccc(-c2ccc3c(CCCCCCCCCCC)c4c(=O)n5c(C(C)(C)C(C)C)ccc5c(CCCCCCCCCCC)c4c(=O)n23)s1. The Kier molecular flexibility index (Phi) is 40.5. The third kappa shape index (κ3) is 25.2. The number of thiophene rings is 2. The standard InChI is InChI=1S/C103H164N4O3S2/c1-16-22-28-34-40-44-48-54-60-66-83-85-68-69-87(106(85)100(109)94-84(67-61-55-49-45-41-35-29-23-17-2)86-70-74-91(102(12,13)78(7)8)107(86)101(110)95(83)94)88-71-72-89(111-88)97-93-80(11)104(76-81(62-56-50-38-32-26-20-5)63-58-52-46-42-36-30-24-18-3)98(90-73-75-92(112-90)103(14,15)79(9)10)96(93)99(108)105(97)77-82(64-57-51-39-33-27-21-6)65-59-53-47-43-37-31-25-19-4/h68-75,78-79,81-82H,11,16-67,76-77H2,1-10,12-15H3. The summed E-state index contributed by atoms with van der Waals surface area (Å²) in [7, 11) is 0. The van der Waals surface area contributed by atoms with Gasteiger partial charge in [0.1, 0.15) is 0 Å². The van der Waals surface area contributed by atoms with Gasteiger partial charge in [0.15, 0.2) is 0 Å². The molecule has 9 heteroatoms. The van der Waals surface area contributed by atoms with Crippen LogP contribution in [0.4, 0.5) is 0 Å². The first-order valence-electron chi connectivity index (χ1n) is 47.8. The number of amides is 1. The van der Waals surface area contributed by atoms with Crippen molar-refractivity contribution < 1.29 is 4.79 Å². The number of nitrogens with zero attached hydrogens (tertiary/aromatic N) is 4. The van der Waals surface area contributed by atoms with Crippen LogP contribution in [-0.2, 0) is 30.2 Å². The highest BCUT2D eigenvalue weighted by atomic mass is 32.1. The van der Waals surface area contributed by atoms with Crippen LogP contribution in [0.15, 0.2) is 58.1 Å². The molecule has 0 N–H and O–H groups in total. The predicted octanol–water partition coefficient (Wildman–Crippen LogP) is 30.6. The molecule has 0 aliphatic carbocycles. The summed E-state index contributed by atoms with van der Waals surface area (Å²) in [5, 5.41) is 3.30. The van der Waals surface area contributed by atoms with Gasteiger partial charge in [0, 0.05) is 45.1 Å². The summed E-state index contributed by atoms with van der Waals surface area (Å²) < 4.78 is 6.71. The van der Waals surface area contributed by atoms with E-state index in [9.17, 15) is 0 Å². The van der Waals surface area contributed by atoms with Gasteiger partial charge in [0.2, 0.25) is 0 Å². The van der Waals surface area contributed by atoms with E-state index in [0.717, 1.165) is 129 Å². The van der Waals surface area contributed by atoms with Gasteiger partial charge >= 0.3 is 0 Å². The molecule has 8 heterocycles. The molecule has 2 atom stereocenters. The zero-order valence-electron chi connectivity index (χ0n) is 74.6. The predicted molar refractivity (Wildman–Crippen MR) is 494 cm³/mol. The normalized spacial score (nSPS) is 13.6. The molecule has 0 saturated heterocycles. The minimum atomic E-state index is -0.283. The molecule has 0 radical (unpaired) electrons. The Bertz CT molecular complexity index is 4110. The van der Waals surface area contributed by atoms with E-state index in [4.69, 9.17) is 6.58 Å². The molecule has 1 amide bonds. The van der Waals surface area contributed by atoms with Crippen molar-refractivity contribution in [2.24, 2.45) is 23.7 Å². The lowest BCUT2D eigenvalue weighted by Crippen LogP contribution is -2.35. The average molecular weight is 1570 g/mol. The first-order chi connectivity index (χ1) is 54.3. The maximum Gasteiger partial charge on any atom is 0.264 e. The number of unbranched alkanes of at least 4 members (excludes halogenated alkanes) is 40. The summed E-state index contributed by atoms with van der Waals surface area (Å²) in [6.07, 6.45) is 64.1. The Labute approximate surface area is 692 Å². The Morgan fingerprint density at radius 2 is 0.732 bits per heavy atom. The fourth-order valence-electron chi connectivity index (χ4n) is 18.6. The summed E-state index contributed by atoms with van der Waals surface area (Å²) in [6, 6.07) is 18.1. The minimum absolute atomic E-state index is 0.0313. The molecular formula is C103H164N4O3S2. The topological polar surface area (TPSA) is 68.2 Å². The third-order valence-electron chi connectivity index (χ3n) is 27.3. The van der Waals surface area contributed by atoms with Crippen LogP contribution in [0.2, 0.25) is 0 Å². The molecule has 2 unspecified atom stereocenters. The van der Waals surface area contributed by atoms with E-state index < -0.39 is 0 Å². The van der Waals surface area contributed by atoms with E-state index in [1.165, 1.54) is 292 Å². The second-order valence-electron chi connectivity index (χ2n) is 37.2. The van der Waals surface area contributed by atoms with Crippen molar-refractivity contribution in [3.8, 4) is 21.1 Å². The molecule has 7 aromatic heterocycles. The van der Waals surface area contributed by atoms with E-state index in [1.807, 2.05) is 11.3 Å². The number of fused-ring (bicyclic) bond motifs is 4. The van der Waals surface area contributed by atoms with Crippen molar-refractivity contribution in [3.05, 3.63) is 112 Å². The van der Waals surface area contributed by atoms with Crippen LogP contribution in [0.3, 0.4) is 0 Å². The van der Waals surface area contributed by atoms with Gasteiger partial charge in [0.05, 0.1) is 59.1 Å². The van der Waals surface area contributed by atoms with E-state index in [2.05, 4.69) is 164 Å². The van der Waals surface area contributed by atoms with E-state index in [0.29, 0.717) is 35.1 Å². The lowest BCUT2D eigenvalue weighted by atomic mass is 9.78. The highest BCUT2D eigenvalue weighted by Gasteiger charge is 2.40. The quantitative estimate of drug-likeness (QED) is 0.0357. The number of hydrogen-bond donors (Lipinski definition) is 0. The van der Waals surface area contributed by atoms with Crippen LogP contribution in [0.1, 0.15) is 455 Å². The summed E-state index contributed by atoms with van der Waals surface area (Å²) in [4.78, 5) is 56.6. The minimum Gasteiger partial charge on any atom is -0.339 e. The zero-order chi connectivity index (χ0) is 80.4. The number of pyridine rings is 2. The Hall–Kier alpha value is -4.73. The molecular weight excluding hydrogens is 1410 g/mol. The van der Waals surface area contributed by atoms with Crippen LogP contribution >= 0.6 is 22.7 Å². The molecule has 1 aliphatic heterocycles. The van der Waals surface area contributed by atoms with E-state index in [-0.39, 0.29) is 33.8 Å². The second kappa shape index (κ2) is 48.8. The van der Waals surface area contributed by atoms with Crippen LogP contribution in [0.5, 0.6) is 0 Å². The van der Waals surface area contributed by atoms with Gasteiger partial charge < -0.3 is 9.47 Å². The Morgan fingerprint density at radius 3 is 1.15 bits per heavy atom. The fourth-order valence-corrected chi connectivity index (χ4v) is 21.0. The Balaban J connectivity index is 1.34. The van der Waals surface area contributed by atoms with Crippen LogP contribution in [-0.4, -0.2) is 30.7 Å². The van der Waals surface area contributed by atoms with Crippen molar-refractivity contribution in [1.82, 2.24) is 18.3 Å². The third-order valence-corrected chi connectivity index (χ3v) is 29.9. The first kappa shape index (κ1) is 92.8. The number of aryl methyl sites for hydroxylation is 2. The second-order valence-corrected chi connectivity index (χ2v) is 39.4. The largest absolute Gasteiger partial charge is 0.339 e. The summed E-state index contributed by atoms with van der Waals surface area (Å²) in [5.74, 6) is 1.69. The lowest BCUT2D eigenvalue weighted by Gasteiger charge is -2.29. The molecule has 7 aromatic rings. The van der Waals surface area contributed by atoms with Gasteiger partial charge in [-0.2, -0.15) is 0 Å². The molecule has 626 valence electrons. The van der Waals surface area contributed by atoms with Crippen LogP contribution in [0.25, 0.3) is 55.2 Å². The Morgan fingerprint density at radius 1 is 0.375 bits per heavy atom. The molecule has 0 aromatic carbocycles. The molecule has 0 saturated carbocycles. The smallest absolute Gasteiger partial charge is 0.264 e. The summed E-state index contributed by atoms with van der Waals surface area (Å²) in [5.41, 5.74) is 8.31. The van der Waals surface area contributed by atoms with Crippen molar-refractivity contribution in [3.63, 3.8) is 0 Å². The van der Waals surface area contributed by atoms with Crippen molar-refractivity contribution in [1.29, 1.82) is 0 Å². The van der Waals surface area contributed by atoms with Gasteiger partial charge in [0.25, 0.3) is 17.0 Å². The highest BCUT2D eigenvalue weighted by Crippen LogP contribution is 2.44. The number of carbonyl (C=O) groups excluding carboxylic acids is 1. The maximum atomic E-state index is 16.9. The van der Waals surface area contributed by atoms with Crippen LogP contribution in [0, 0.1) is 23.7 Å². The first-order valence-corrected chi connectivity index (χ1v) is 49.5. The lowest BCUT2D eigenvalue weighted by molar-refractivity contribution is 0.0823. The fraction of sp³-hybridized carbons (Fsp3) is 0.718. The van der Waals surface area contributed by atoms with Crippen molar-refractivity contribution in [2.75, 3.05) is 6.54 Å². The van der Waals surface area contributed by atoms with E-state index >= 15 is 14.4 Å². The van der Waals surface area contributed by atoms with Gasteiger partial charge in [-0.05, 0) is 135 Å². The number of hydrogen-bond acceptors (Lipinski definition) is 5. The number of carbonyl (C=O) groups is 1. The number of rotatable bonds is 63. The molecule has 112 heavy (non-hydrogen) atoms. The van der Waals surface area contributed by atoms with Gasteiger partial charge in [-0.25, -0.2) is 0 Å². The van der Waals surface area contributed by atoms with E-state index in [1.54, 1.807) is 11.3 Å². The maximum absolute atomic E-state index is 16.9. The van der Waals surface area contributed by atoms with Gasteiger partial charge in [-0.1, -0.05) is 386 Å². The molecule has 0 fully saturated rings. The molecule has 1 aliphatic rings. The molecule has 7 nitrogen and oxygen atoms in total. The monoisotopic (exact) mass is 1570 g/mol. The molecule has 0 bridgehead atoms. The van der Waals surface area contributed by atoms with Crippen molar-refractivity contribution in [2.45, 2.75) is 448 Å². The van der Waals surface area contributed by atoms with Crippen molar-refractivity contribution >= 4 is 62.7 Å². The zero-order valence-corrected chi connectivity index (χ0v) is 76.3. The summed E-state index contributed by atoms with van der Waals surface area (Å²) >= 11 is 3.67. The summed E-state index contributed by atoms with van der Waals surface area (Å²) in [6.45, 7) is 39.4. The molecule has 8 rings (SSSR count). The number of aromatic nitrogens is 3. The average Bonchev–Trinajstić information content (AvgIpc) is 1.44. The van der Waals surface area contributed by atoms with Gasteiger partial charge in [-0.15, -0.1) is 22.7 Å². The molecule has 0 spiro atoms. The highest BCUT2D eigenvalue weighted by molar-refractivity contribution is 7.16. The van der Waals surface area contributed by atoms with Crippen LogP contribution < -0.4 is 21.7 Å². The van der Waals surface area contributed by atoms with Gasteiger partial charge in [-0.3, -0.25) is 23.2 Å².